The maximum atomic E-state index is 13.3. The van der Waals surface area contributed by atoms with Crippen LogP contribution in [0.2, 0.25) is 0 Å². The molecular formula is C32H36O15. The van der Waals surface area contributed by atoms with Gasteiger partial charge in [-0.25, -0.2) is 0 Å². The highest BCUT2D eigenvalue weighted by Gasteiger charge is 2.47. The lowest BCUT2D eigenvalue weighted by molar-refractivity contribution is -0.330. The summed E-state index contributed by atoms with van der Waals surface area (Å²) in [6.07, 6.45) is -10.1. The lowest BCUT2D eigenvalue weighted by atomic mass is 9.97. The minimum absolute atomic E-state index is 0.0289. The van der Waals surface area contributed by atoms with E-state index in [1.807, 2.05) is 0 Å². The van der Waals surface area contributed by atoms with E-state index in [9.17, 15) is 45.6 Å². The minimum atomic E-state index is -1.71. The summed E-state index contributed by atoms with van der Waals surface area (Å²) >= 11 is 0. The molecule has 8 N–H and O–H groups in total. The maximum Gasteiger partial charge on any atom is 0.204 e. The van der Waals surface area contributed by atoms with E-state index in [0.717, 1.165) is 0 Å². The molecule has 3 aromatic rings. The Balaban J connectivity index is 1.15. The van der Waals surface area contributed by atoms with E-state index >= 15 is 0 Å². The monoisotopic (exact) mass is 660 g/mol. The van der Waals surface area contributed by atoms with Crippen LogP contribution in [0, 0.1) is 0 Å². The number of aliphatic hydroxyl groups is 6. The van der Waals surface area contributed by atoms with Crippen LogP contribution < -0.4 is 10.2 Å². The van der Waals surface area contributed by atoms with Gasteiger partial charge >= 0.3 is 0 Å². The molecule has 3 aliphatic heterocycles. The first-order valence-electron chi connectivity index (χ1n) is 14.9. The van der Waals surface area contributed by atoms with E-state index in [-0.39, 0.29) is 46.0 Å². The number of hydrogen-bond acceptors (Lipinski definition) is 15. The molecule has 15 nitrogen and oxygen atoms in total. The quantitative estimate of drug-likeness (QED) is 0.162. The largest absolute Gasteiger partial charge is 0.508 e. The van der Waals surface area contributed by atoms with Crippen LogP contribution in [0.1, 0.15) is 19.4 Å². The van der Waals surface area contributed by atoms with Gasteiger partial charge in [0.2, 0.25) is 5.43 Å². The third-order valence-corrected chi connectivity index (χ3v) is 8.60. The molecule has 47 heavy (non-hydrogen) atoms. The molecule has 254 valence electrons. The standard InChI is InChI=1S/C32H36O15/c1-13-22(34)26(38)28(40)30(45-13)43-11-20-25(37)27(39)29(41)31(46-20)44-12-32(2)8-7-16-18(47-32)9-19-21(23(16)35)24(36)17(10-42-19)14-3-5-15(33)6-4-14/h3-10,13,20,22,25-31,33-35,37-41H,11-12H2,1-2H3. The van der Waals surface area contributed by atoms with Crippen LogP contribution in [0.15, 0.2) is 51.9 Å². The molecule has 6 rings (SSSR count). The Bertz CT molecular complexity index is 1690. The Hall–Kier alpha value is -3.61. The van der Waals surface area contributed by atoms with E-state index in [1.54, 1.807) is 31.2 Å². The fourth-order valence-electron chi connectivity index (χ4n) is 5.75. The van der Waals surface area contributed by atoms with Crippen molar-refractivity contribution in [3.05, 3.63) is 58.5 Å². The van der Waals surface area contributed by atoms with Gasteiger partial charge < -0.3 is 69.0 Å². The topological polar surface area (TPSA) is 238 Å². The molecule has 11 unspecified atom stereocenters. The fourth-order valence-corrected chi connectivity index (χ4v) is 5.75. The minimum Gasteiger partial charge on any atom is -0.508 e. The van der Waals surface area contributed by atoms with Gasteiger partial charge in [0, 0.05) is 6.07 Å². The maximum absolute atomic E-state index is 13.3. The first-order chi connectivity index (χ1) is 22.3. The molecular weight excluding hydrogens is 624 g/mol. The molecule has 1 aromatic heterocycles. The number of fused-ring (bicyclic) bond motifs is 2. The first kappa shape index (κ1) is 33.3. The Morgan fingerprint density at radius 1 is 0.851 bits per heavy atom. The molecule has 2 saturated heterocycles. The van der Waals surface area contributed by atoms with Crippen LogP contribution in [0.4, 0.5) is 0 Å². The molecule has 0 aliphatic carbocycles. The number of hydrogen-bond donors (Lipinski definition) is 8. The van der Waals surface area contributed by atoms with E-state index in [0.29, 0.717) is 5.56 Å². The highest BCUT2D eigenvalue weighted by Crippen LogP contribution is 2.41. The summed E-state index contributed by atoms with van der Waals surface area (Å²) in [4.78, 5) is 13.3. The van der Waals surface area contributed by atoms with Crippen molar-refractivity contribution in [2.45, 2.75) is 80.9 Å². The molecule has 0 amide bonds. The van der Waals surface area contributed by atoms with Crippen LogP contribution in [0.25, 0.3) is 28.2 Å². The van der Waals surface area contributed by atoms with Crippen molar-refractivity contribution in [2.75, 3.05) is 13.2 Å². The number of ether oxygens (including phenoxy) is 5. The summed E-state index contributed by atoms with van der Waals surface area (Å²) in [5.41, 5.74) is -0.752. The second-order valence-electron chi connectivity index (χ2n) is 12.1. The van der Waals surface area contributed by atoms with Gasteiger partial charge in [-0.05, 0) is 43.7 Å². The summed E-state index contributed by atoms with van der Waals surface area (Å²) < 4.78 is 34.2. The van der Waals surface area contributed by atoms with Gasteiger partial charge in [0.15, 0.2) is 12.6 Å². The lowest BCUT2D eigenvalue weighted by Crippen LogP contribution is -2.61. The number of aromatic hydroxyl groups is 2. The number of rotatable bonds is 7. The summed E-state index contributed by atoms with van der Waals surface area (Å²) in [6.45, 7) is 2.41. The smallest absolute Gasteiger partial charge is 0.204 e. The van der Waals surface area contributed by atoms with Gasteiger partial charge in [0.1, 0.15) is 82.8 Å². The SMILES string of the molecule is CC1OC(OCC2OC(OCC3(C)C=Cc4c(cc5occ(-c6ccc(O)cc6)c(=O)c5c4O)O3)C(O)C(O)C2O)C(O)C(O)C1O. The van der Waals surface area contributed by atoms with Crippen molar-refractivity contribution in [3.63, 3.8) is 0 Å². The van der Waals surface area contributed by atoms with E-state index in [2.05, 4.69) is 0 Å². The molecule has 11 atom stereocenters. The van der Waals surface area contributed by atoms with Gasteiger partial charge in [0.05, 0.1) is 30.4 Å². The zero-order valence-electron chi connectivity index (χ0n) is 25.2. The Morgan fingerprint density at radius 3 is 2.21 bits per heavy atom. The number of phenolic OH excluding ortho intramolecular Hbond substituents is 2. The van der Waals surface area contributed by atoms with Crippen LogP contribution in [0.3, 0.4) is 0 Å². The highest BCUT2D eigenvalue weighted by molar-refractivity contribution is 5.93. The Kier molecular flexibility index (Phi) is 9.05. The molecule has 2 aromatic carbocycles. The Morgan fingerprint density at radius 2 is 1.51 bits per heavy atom. The first-order valence-corrected chi connectivity index (χ1v) is 14.9. The molecule has 0 radical (unpaired) electrons. The van der Waals surface area contributed by atoms with Gasteiger partial charge in [-0.1, -0.05) is 12.1 Å². The predicted molar refractivity (Wildman–Crippen MR) is 160 cm³/mol. The van der Waals surface area contributed by atoms with Crippen LogP contribution in [-0.4, -0.2) is 121 Å². The van der Waals surface area contributed by atoms with Crippen molar-refractivity contribution in [2.24, 2.45) is 0 Å². The third-order valence-electron chi connectivity index (χ3n) is 8.60. The van der Waals surface area contributed by atoms with E-state index in [1.165, 1.54) is 31.4 Å². The molecule has 4 heterocycles. The fraction of sp³-hybridized carbons (Fsp3) is 0.469. The van der Waals surface area contributed by atoms with Gasteiger partial charge in [-0.2, -0.15) is 0 Å². The molecule has 0 bridgehead atoms. The molecule has 15 heteroatoms. The van der Waals surface area contributed by atoms with Gasteiger partial charge in [0.25, 0.3) is 0 Å². The zero-order chi connectivity index (χ0) is 33.8. The van der Waals surface area contributed by atoms with Crippen molar-refractivity contribution in [1.29, 1.82) is 0 Å². The third kappa shape index (κ3) is 6.23. The van der Waals surface area contributed by atoms with Crippen molar-refractivity contribution in [1.82, 2.24) is 0 Å². The second-order valence-corrected chi connectivity index (χ2v) is 12.1. The number of aliphatic hydroxyl groups excluding tert-OH is 6. The molecule has 0 spiro atoms. The van der Waals surface area contributed by atoms with Crippen molar-refractivity contribution >= 4 is 17.0 Å². The zero-order valence-corrected chi connectivity index (χ0v) is 25.2. The molecule has 3 aliphatic rings. The second kappa shape index (κ2) is 12.8. The van der Waals surface area contributed by atoms with Crippen LogP contribution >= 0.6 is 0 Å². The van der Waals surface area contributed by atoms with Crippen LogP contribution in [-0.2, 0) is 18.9 Å². The lowest BCUT2D eigenvalue weighted by Gasteiger charge is -2.43. The van der Waals surface area contributed by atoms with Gasteiger partial charge in [-0.15, -0.1) is 0 Å². The normalized spacial score (nSPS) is 35.4. The highest BCUT2D eigenvalue weighted by atomic mass is 16.7. The summed E-state index contributed by atoms with van der Waals surface area (Å²) in [5.74, 6) is -0.162. The summed E-state index contributed by atoms with van der Waals surface area (Å²) in [5, 5.41) is 82.3. The van der Waals surface area contributed by atoms with Crippen LogP contribution in [0.5, 0.6) is 17.2 Å². The summed E-state index contributed by atoms with van der Waals surface area (Å²) in [6, 6.07) is 7.40. The van der Waals surface area contributed by atoms with E-state index in [4.69, 9.17) is 28.1 Å². The summed E-state index contributed by atoms with van der Waals surface area (Å²) in [7, 11) is 0. The molecule has 0 saturated carbocycles. The Labute approximate surface area is 267 Å². The average Bonchev–Trinajstić information content (AvgIpc) is 3.04. The van der Waals surface area contributed by atoms with Gasteiger partial charge in [-0.3, -0.25) is 4.79 Å². The number of benzene rings is 2. The number of phenols is 2. The molecule has 2 fully saturated rings. The predicted octanol–water partition coefficient (Wildman–Crippen LogP) is -0.296. The van der Waals surface area contributed by atoms with E-state index < -0.39 is 79.0 Å². The average molecular weight is 661 g/mol. The van der Waals surface area contributed by atoms with Crippen molar-refractivity contribution < 1.29 is 69.0 Å². The van der Waals surface area contributed by atoms with Crippen molar-refractivity contribution in [3.8, 4) is 28.4 Å².